The second-order valence-corrected chi connectivity index (χ2v) is 9.45. The van der Waals surface area contributed by atoms with Crippen molar-refractivity contribution in [3.8, 4) is 0 Å². The summed E-state index contributed by atoms with van der Waals surface area (Å²) >= 11 is 1.37. The molecule has 0 atom stereocenters. The number of carbonyl (C=O) groups excluding carboxylic acids is 1. The number of rotatable bonds is 5. The quantitative estimate of drug-likeness (QED) is 0.744. The van der Waals surface area contributed by atoms with E-state index in [4.69, 9.17) is 0 Å². The summed E-state index contributed by atoms with van der Waals surface area (Å²) in [7, 11) is -0.631. The van der Waals surface area contributed by atoms with Crippen LogP contribution in [0.1, 0.15) is 15.9 Å². The smallest absolute Gasteiger partial charge is 0.259 e. The SMILES string of the molecule is CN(C)S(=O)(=O)c1ccc(C(=O)N2CCN=C2SCc2cccc(F)c2)cc1. The highest BCUT2D eigenvalue weighted by atomic mass is 32.2. The molecule has 148 valence electrons. The van der Waals surface area contributed by atoms with E-state index in [0.717, 1.165) is 9.87 Å². The molecule has 2 aromatic carbocycles. The largest absolute Gasteiger partial charge is 0.286 e. The first-order valence-corrected chi connectivity index (χ1v) is 11.0. The number of hydrogen-bond donors (Lipinski definition) is 0. The normalized spacial score (nSPS) is 14.4. The molecule has 1 heterocycles. The second kappa shape index (κ2) is 8.42. The van der Waals surface area contributed by atoms with E-state index < -0.39 is 10.0 Å². The van der Waals surface area contributed by atoms with Gasteiger partial charge in [0.25, 0.3) is 5.91 Å². The van der Waals surface area contributed by atoms with Gasteiger partial charge in [-0.3, -0.25) is 14.7 Å². The molecule has 28 heavy (non-hydrogen) atoms. The van der Waals surface area contributed by atoms with Crippen LogP contribution in [0, 0.1) is 5.82 Å². The molecule has 0 fully saturated rings. The van der Waals surface area contributed by atoms with Gasteiger partial charge in [0, 0.05) is 32.0 Å². The highest BCUT2D eigenvalue weighted by Gasteiger charge is 2.26. The average Bonchev–Trinajstić information content (AvgIpc) is 3.14. The first-order valence-electron chi connectivity index (χ1n) is 8.55. The minimum Gasteiger partial charge on any atom is -0.286 e. The van der Waals surface area contributed by atoms with Gasteiger partial charge in [0.2, 0.25) is 10.0 Å². The summed E-state index contributed by atoms with van der Waals surface area (Å²) in [6.07, 6.45) is 0. The molecule has 0 unspecified atom stereocenters. The maximum absolute atomic E-state index is 13.3. The Balaban J connectivity index is 1.70. The Kier molecular flexibility index (Phi) is 6.17. The fraction of sp³-hybridized carbons (Fsp3) is 0.263. The molecular formula is C19H20FN3O3S2. The molecule has 3 rings (SSSR count). The van der Waals surface area contributed by atoms with E-state index in [1.54, 1.807) is 11.0 Å². The van der Waals surface area contributed by atoms with Gasteiger partial charge < -0.3 is 0 Å². The first-order chi connectivity index (χ1) is 13.3. The summed E-state index contributed by atoms with van der Waals surface area (Å²) in [5.41, 5.74) is 1.20. The molecule has 0 N–H and O–H groups in total. The zero-order chi connectivity index (χ0) is 20.3. The van der Waals surface area contributed by atoms with Crippen molar-refractivity contribution < 1.29 is 17.6 Å². The minimum absolute atomic E-state index is 0.129. The highest BCUT2D eigenvalue weighted by Crippen LogP contribution is 2.22. The van der Waals surface area contributed by atoms with Gasteiger partial charge in [-0.2, -0.15) is 0 Å². The number of thioether (sulfide) groups is 1. The Hall–Kier alpha value is -2.23. The monoisotopic (exact) mass is 421 g/mol. The average molecular weight is 422 g/mol. The fourth-order valence-corrected chi connectivity index (χ4v) is 4.54. The lowest BCUT2D eigenvalue weighted by atomic mass is 10.2. The van der Waals surface area contributed by atoms with Gasteiger partial charge >= 0.3 is 0 Å². The minimum atomic E-state index is -3.54. The number of amidine groups is 1. The van der Waals surface area contributed by atoms with Gasteiger partial charge in [-0.05, 0) is 42.0 Å². The van der Waals surface area contributed by atoms with Crippen molar-refractivity contribution in [2.45, 2.75) is 10.6 Å². The summed E-state index contributed by atoms with van der Waals surface area (Å²) < 4.78 is 38.7. The number of hydrogen-bond acceptors (Lipinski definition) is 5. The van der Waals surface area contributed by atoms with Gasteiger partial charge in [-0.15, -0.1) is 0 Å². The Labute approximate surface area is 168 Å². The van der Waals surface area contributed by atoms with Crippen LogP contribution in [0.3, 0.4) is 0 Å². The lowest BCUT2D eigenvalue weighted by Gasteiger charge is -2.18. The molecular weight excluding hydrogens is 401 g/mol. The maximum atomic E-state index is 13.3. The molecule has 2 aromatic rings. The second-order valence-electron chi connectivity index (χ2n) is 6.35. The van der Waals surface area contributed by atoms with E-state index in [2.05, 4.69) is 4.99 Å². The number of sulfonamides is 1. The van der Waals surface area contributed by atoms with Gasteiger partial charge in [0.1, 0.15) is 5.82 Å². The third-order valence-electron chi connectivity index (χ3n) is 4.18. The summed E-state index contributed by atoms with van der Waals surface area (Å²) in [6, 6.07) is 12.2. The predicted octanol–water partition coefficient (Wildman–Crippen LogP) is 2.82. The van der Waals surface area contributed by atoms with Crippen LogP contribution in [0.25, 0.3) is 0 Å². The van der Waals surface area contributed by atoms with Crippen molar-refractivity contribution in [3.63, 3.8) is 0 Å². The standard InChI is InChI=1S/C19H20FN3O3S2/c1-22(2)28(25,26)17-8-6-15(7-9-17)18(24)23-11-10-21-19(23)27-13-14-4-3-5-16(20)12-14/h3-9,12H,10-11,13H2,1-2H3. The fourth-order valence-electron chi connectivity index (χ4n) is 2.65. The number of halogens is 1. The summed E-state index contributed by atoms with van der Waals surface area (Å²) in [6.45, 7) is 0.965. The molecule has 0 spiro atoms. The van der Waals surface area contributed by atoms with Crippen molar-refractivity contribution in [2.24, 2.45) is 4.99 Å². The van der Waals surface area contributed by atoms with Gasteiger partial charge in [-0.1, -0.05) is 23.9 Å². The lowest BCUT2D eigenvalue weighted by molar-refractivity contribution is 0.0860. The molecule has 0 aromatic heterocycles. The molecule has 1 aliphatic rings. The van der Waals surface area contributed by atoms with E-state index in [1.807, 2.05) is 6.07 Å². The molecule has 0 radical (unpaired) electrons. The first kappa shape index (κ1) is 20.5. The summed E-state index contributed by atoms with van der Waals surface area (Å²) in [5, 5.41) is 0.583. The van der Waals surface area contributed by atoms with Crippen molar-refractivity contribution in [2.75, 3.05) is 27.2 Å². The van der Waals surface area contributed by atoms with Crippen molar-refractivity contribution >= 4 is 32.9 Å². The van der Waals surface area contributed by atoms with E-state index in [-0.39, 0.29) is 16.6 Å². The lowest BCUT2D eigenvalue weighted by Crippen LogP contribution is -2.32. The molecule has 1 amide bonds. The van der Waals surface area contributed by atoms with Crippen LogP contribution in [0.5, 0.6) is 0 Å². The topological polar surface area (TPSA) is 70.1 Å². The summed E-state index contributed by atoms with van der Waals surface area (Å²) in [5.74, 6) is -0.0376. The van der Waals surface area contributed by atoms with Crippen LogP contribution in [-0.4, -0.2) is 55.9 Å². The van der Waals surface area contributed by atoms with Gasteiger partial charge in [0.05, 0.1) is 11.4 Å². The van der Waals surface area contributed by atoms with E-state index in [1.165, 1.54) is 62.3 Å². The number of carbonyl (C=O) groups is 1. The molecule has 0 bridgehead atoms. The van der Waals surface area contributed by atoms with Crippen LogP contribution in [0.15, 0.2) is 58.4 Å². The molecule has 6 nitrogen and oxygen atoms in total. The molecule has 0 saturated heterocycles. The Morgan fingerprint density at radius 1 is 1.21 bits per heavy atom. The Morgan fingerprint density at radius 3 is 2.57 bits per heavy atom. The van der Waals surface area contributed by atoms with Gasteiger partial charge in [-0.25, -0.2) is 17.1 Å². The number of nitrogens with zero attached hydrogens (tertiary/aromatic N) is 3. The predicted molar refractivity (Wildman–Crippen MR) is 108 cm³/mol. The third kappa shape index (κ3) is 4.43. The number of aliphatic imine (C=N–C) groups is 1. The highest BCUT2D eigenvalue weighted by molar-refractivity contribution is 8.13. The zero-order valence-corrected chi connectivity index (χ0v) is 17.1. The van der Waals surface area contributed by atoms with Crippen LogP contribution in [-0.2, 0) is 15.8 Å². The van der Waals surface area contributed by atoms with Crippen molar-refractivity contribution in [1.82, 2.24) is 9.21 Å². The van der Waals surface area contributed by atoms with Crippen molar-refractivity contribution in [1.29, 1.82) is 0 Å². The summed E-state index contributed by atoms with van der Waals surface area (Å²) in [4.78, 5) is 18.9. The molecule has 0 aliphatic carbocycles. The number of benzene rings is 2. The van der Waals surface area contributed by atoms with Crippen LogP contribution >= 0.6 is 11.8 Å². The van der Waals surface area contributed by atoms with Gasteiger partial charge in [0.15, 0.2) is 5.17 Å². The maximum Gasteiger partial charge on any atom is 0.259 e. The number of amides is 1. The van der Waals surface area contributed by atoms with E-state index in [0.29, 0.717) is 29.6 Å². The van der Waals surface area contributed by atoms with E-state index in [9.17, 15) is 17.6 Å². The Bertz CT molecular complexity index is 1010. The molecule has 1 aliphatic heterocycles. The molecule has 9 heteroatoms. The van der Waals surface area contributed by atoms with Crippen molar-refractivity contribution in [3.05, 3.63) is 65.5 Å². The van der Waals surface area contributed by atoms with E-state index >= 15 is 0 Å². The van der Waals surface area contributed by atoms with Crippen LogP contribution in [0.2, 0.25) is 0 Å². The Morgan fingerprint density at radius 2 is 1.93 bits per heavy atom. The van der Waals surface area contributed by atoms with Crippen LogP contribution < -0.4 is 0 Å². The zero-order valence-electron chi connectivity index (χ0n) is 15.5. The third-order valence-corrected chi connectivity index (χ3v) is 7.10. The molecule has 0 saturated carbocycles. The van der Waals surface area contributed by atoms with Crippen LogP contribution in [0.4, 0.5) is 4.39 Å².